The summed E-state index contributed by atoms with van der Waals surface area (Å²) in [6.07, 6.45) is -1.97. The van der Waals surface area contributed by atoms with Crippen LogP contribution in [0.4, 0.5) is 22.0 Å². The van der Waals surface area contributed by atoms with Gasteiger partial charge in [-0.2, -0.15) is 8.78 Å². The van der Waals surface area contributed by atoms with E-state index in [1.807, 2.05) is 13.0 Å². The van der Waals surface area contributed by atoms with Crippen LogP contribution >= 0.6 is 0 Å². The third kappa shape index (κ3) is 5.49. The molecule has 0 N–H and O–H groups in total. The molecule has 0 saturated carbocycles. The molecule has 2 unspecified atom stereocenters. The van der Waals surface area contributed by atoms with Crippen molar-refractivity contribution in [3.63, 3.8) is 0 Å². The molecular formula is C35H33F5O. The van der Waals surface area contributed by atoms with Crippen molar-refractivity contribution in [1.82, 2.24) is 0 Å². The minimum atomic E-state index is -4.08. The molecule has 0 aromatic heterocycles. The molecule has 4 aromatic rings. The second-order valence-corrected chi connectivity index (χ2v) is 11.6. The van der Waals surface area contributed by atoms with Crippen molar-refractivity contribution in [2.75, 3.05) is 0 Å². The number of hydrogen-bond acceptors (Lipinski definition) is 1. The quantitative estimate of drug-likeness (QED) is 0.212. The largest absolute Gasteiger partial charge is 0.429 e. The van der Waals surface area contributed by atoms with Crippen molar-refractivity contribution in [2.24, 2.45) is 5.92 Å². The van der Waals surface area contributed by atoms with E-state index in [-0.39, 0.29) is 22.6 Å². The molecule has 5 rings (SSSR count). The Morgan fingerprint density at radius 2 is 1.44 bits per heavy atom. The van der Waals surface area contributed by atoms with E-state index in [2.05, 4.69) is 25.1 Å². The molecule has 0 fully saturated rings. The summed E-state index contributed by atoms with van der Waals surface area (Å²) < 4.78 is 80.1. The molecule has 0 radical (unpaired) electrons. The fraction of sp³-hybridized carbons (Fsp3) is 0.314. The molecule has 214 valence electrons. The number of ether oxygens (including phenoxy) is 1. The zero-order valence-corrected chi connectivity index (χ0v) is 24.1. The highest BCUT2D eigenvalue weighted by Crippen LogP contribution is 2.40. The lowest BCUT2D eigenvalue weighted by Crippen LogP contribution is -2.25. The molecule has 0 amide bonds. The van der Waals surface area contributed by atoms with E-state index in [4.69, 9.17) is 4.74 Å². The second-order valence-electron chi connectivity index (χ2n) is 11.6. The normalized spacial score (nSPS) is 15.6. The maximum absolute atomic E-state index is 15.6. The summed E-state index contributed by atoms with van der Waals surface area (Å²) in [6.45, 7) is 10.4. The first kappa shape index (κ1) is 28.8. The Labute approximate surface area is 238 Å². The molecule has 0 saturated heterocycles. The van der Waals surface area contributed by atoms with Crippen LogP contribution in [0.1, 0.15) is 69.8 Å². The van der Waals surface area contributed by atoms with Crippen LogP contribution in [0.25, 0.3) is 11.1 Å². The van der Waals surface area contributed by atoms with Crippen LogP contribution in [0.5, 0.6) is 5.75 Å². The molecule has 0 bridgehead atoms. The topological polar surface area (TPSA) is 9.23 Å². The van der Waals surface area contributed by atoms with Crippen LogP contribution in [0.3, 0.4) is 0 Å². The van der Waals surface area contributed by atoms with Gasteiger partial charge in [0.05, 0.1) is 0 Å². The van der Waals surface area contributed by atoms with Gasteiger partial charge in [0.2, 0.25) is 0 Å². The van der Waals surface area contributed by atoms with Gasteiger partial charge in [-0.1, -0.05) is 44.2 Å². The standard InChI is InChI=1S/C35H33F5O/c1-18-9-25-8-7-24(14-27(25)10-18)23(6)26-11-20(3)33(31(37)15-26)28-12-21(4)34(32(38)16-28)35(39,40)41-29-13-19(2)22(5)30(36)17-29/h7-8,11-18,23H,9-10H2,1-6H3. The summed E-state index contributed by atoms with van der Waals surface area (Å²) in [4.78, 5) is 0. The number of hydrogen-bond donors (Lipinski definition) is 0. The van der Waals surface area contributed by atoms with Crippen molar-refractivity contribution < 1.29 is 26.7 Å². The van der Waals surface area contributed by atoms with Crippen LogP contribution in [0.2, 0.25) is 0 Å². The minimum absolute atomic E-state index is 0.0645. The third-order valence-electron chi connectivity index (χ3n) is 8.37. The first-order chi connectivity index (χ1) is 19.2. The highest BCUT2D eigenvalue weighted by Gasteiger charge is 2.40. The molecule has 1 aliphatic carbocycles. The van der Waals surface area contributed by atoms with Crippen molar-refractivity contribution >= 4 is 0 Å². The molecular weight excluding hydrogens is 531 g/mol. The lowest BCUT2D eigenvalue weighted by Gasteiger charge is -2.22. The van der Waals surface area contributed by atoms with Gasteiger partial charge in [0, 0.05) is 17.5 Å². The van der Waals surface area contributed by atoms with Crippen molar-refractivity contribution in [2.45, 2.75) is 66.4 Å². The first-order valence-electron chi connectivity index (χ1n) is 13.8. The number of benzene rings is 4. The Kier molecular flexibility index (Phi) is 7.47. The Bertz CT molecular complexity index is 1590. The lowest BCUT2D eigenvalue weighted by molar-refractivity contribution is -0.187. The highest BCUT2D eigenvalue weighted by atomic mass is 19.3. The average Bonchev–Trinajstić information content (AvgIpc) is 3.24. The van der Waals surface area contributed by atoms with E-state index in [1.165, 1.54) is 43.2 Å². The molecule has 1 nitrogen and oxygen atoms in total. The minimum Gasteiger partial charge on any atom is -0.429 e. The summed E-state index contributed by atoms with van der Waals surface area (Å²) in [7, 11) is 0. The second kappa shape index (κ2) is 10.6. The van der Waals surface area contributed by atoms with Crippen LogP contribution < -0.4 is 4.74 Å². The van der Waals surface area contributed by atoms with Gasteiger partial charge < -0.3 is 4.74 Å². The Morgan fingerprint density at radius 1 is 0.732 bits per heavy atom. The van der Waals surface area contributed by atoms with Crippen molar-refractivity contribution in [1.29, 1.82) is 0 Å². The number of aryl methyl sites for hydroxylation is 3. The monoisotopic (exact) mass is 564 g/mol. The van der Waals surface area contributed by atoms with Crippen LogP contribution in [-0.2, 0) is 19.0 Å². The zero-order valence-electron chi connectivity index (χ0n) is 24.1. The van der Waals surface area contributed by atoms with E-state index < -0.39 is 34.9 Å². The predicted molar refractivity (Wildman–Crippen MR) is 152 cm³/mol. The van der Waals surface area contributed by atoms with Gasteiger partial charge in [-0.3, -0.25) is 0 Å². The predicted octanol–water partition coefficient (Wildman–Crippen LogP) is 10.0. The van der Waals surface area contributed by atoms with Crippen molar-refractivity contribution in [3.05, 3.63) is 122 Å². The van der Waals surface area contributed by atoms with Gasteiger partial charge in [0.15, 0.2) is 0 Å². The summed E-state index contributed by atoms with van der Waals surface area (Å²) in [6, 6.07) is 14.1. The van der Waals surface area contributed by atoms with E-state index in [0.29, 0.717) is 22.6 Å². The van der Waals surface area contributed by atoms with Crippen LogP contribution in [0, 0.1) is 51.1 Å². The lowest BCUT2D eigenvalue weighted by atomic mass is 9.87. The Balaban J connectivity index is 1.45. The molecule has 4 aromatic carbocycles. The number of fused-ring (bicyclic) bond motifs is 1. The summed E-state index contributed by atoms with van der Waals surface area (Å²) in [5.41, 5.74) is 5.11. The molecule has 0 aliphatic heterocycles. The van der Waals surface area contributed by atoms with E-state index in [0.717, 1.165) is 36.1 Å². The summed E-state index contributed by atoms with van der Waals surface area (Å²) in [5.74, 6) is -2.35. The van der Waals surface area contributed by atoms with Gasteiger partial charge in [-0.25, -0.2) is 13.2 Å². The highest BCUT2D eigenvalue weighted by molar-refractivity contribution is 5.70. The zero-order chi connectivity index (χ0) is 29.8. The summed E-state index contributed by atoms with van der Waals surface area (Å²) >= 11 is 0. The average molecular weight is 565 g/mol. The van der Waals surface area contributed by atoms with E-state index in [1.54, 1.807) is 13.8 Å². The van der Waals surface area contributed by atoms with Gasteiger partial charge in [-0.15, -0.1) is 0 Å². The van der Waals surface area contributed by atoms with Crippen LogP contribution in [0.15, 0.2) is 54.6 Å². The molecule has 0 heterocycles. The molecule has 2 atom stereocenters. The molecule has 41 heavy (non-hydrogen) atoms. The number of halogens is 5. The van der Waals surface area contributed by atoms with Crippen molar-refractivity contribution in [3.8, 4) is 16.9 Å². The molecule has 6 heteroatoms. The SMILES string of the molecule is Cc1cc(OC(F)(F)c2c(C)cc(-c3c(C)cc(C(C)c4ccc5c(c4)CC(C)C5)cc3F)cc2F)cc(F)c1C. The van der Waals surface area contributed by atoms with Gasteiger partial charge in [0.25, 0.3) is 0 Å². The molecule has 1 aliphatic rings. The number of alkyl halides is 2. The van der Waals surface area contributed by atoms with E-state index in [9.17, 15) is 4.39 Å². The van der Waals surface area contributed by atoms with Gasteiger partial charge in [0.1, 0.15) is 28.8 Å². The van der Waals surface area contributed by atoms with Crippen LogP contribution in [-0.4, -0.2) is 0 Å². The maximum atomic E-state index is 15.6. The Hall–Kier alpha value is -3.67. The Morgan fingerprint density at radius 3 is 2.10 bits per heavy atom. The van der Waals surface area contributed by atoms with Gasteiger partial charge >= 0.3 is 6.11 Å². The van der Waals surface area contributed by atoms with E-state index >= 15 is 17.6 Å². The first-order valence-corrected chi connectivity index (χ1v) is 13.8. The number of rotatable bonds is 6. The van der Waals surface area contributed by atoms with Gasteiger partial charge in [-0.05, 0) is 115 Å². The summed E-state index contributed by atoms with van der Waals surface area (Å²) in [5, 5.41) is 0. The fourth-order valence-corrected chi connectivity index (χ4v) is 6.01. The smallest absolute Gasteiger partial charge is 0.429 e. The maximum Gasteiger partial charge on any atom is 0.429 e. The molecule has 0 spiro atoms. The third-order valence-corrected chi connectivity index (χ3v) is 8.37. The fourth-order valence-electron chi connectivity index (χ4n) is 6.01.